The number of imidazole rings is 1. The number of piperidine rings is 1. The van der Waals surface area contributed by atoms with Crippen molar-refractivity contribution >= 4 is 28.3 Å². The highest BCUT2D eigenvalue weighted by Gasteiger charge is 2.25. The van der Waals surface area contributed by atoms with Crippen molar-refractivity contribution in [3.8, 4) is 11.4 Å². The second-order valence-corrected chi connectivity index (χ2v) is 11.1. The van der Waals surface area contributed by atoms with Crippen LogP contribution in [0.4, 0.5) is 5.69 Å². The predicted octanol–water partition coefficient (Wildman–Crippen LogP) is 4.14. The Morgan fingerprint density at radius 2 is 2.05 bits per heavy atom. The first-order valence-electron chi connectivity index (χ1n) is 12.8. The Kier molecular flexibility index (Phi) is 7.11. The van der Waals surface area contributed by atoms with Gasteiger partial charge in [-0.3, -0.25) is 9.48 Å². The van der Waals surface area contributed by atoms with Crippen LogP contribution in [-0.2, 0) is 6.54 Å². The van der Waals surface area contributed by atoms with Crippen LogP contribution in [0, 0.1) is 6.92 Å². The van der Waals surface area contributed by atoms with Gasteiger partial charge in [0.1, 0.15) is 11.4 Å². The van der Waals surface area contributed by atoms with Crippen LogP contribution in [0.3, 0.4) is 0 Å². The fourth-order valence-electron chi connectivity index (χ4n) is 5.27. The van der Waals surface area contributed by atoms with E-state index in [-0.39, 0.29) is 5.56 Å². The summed E-state index contributed by atoms with van der Waals surface area (Å²) < 4.78 is 1.75. The maximum Gasteiger partial charge on any atom is 0.261 e. The summed E-state index contributed by atoms with van der Waals surface area (Å²) in [4.78, 5) is 26.2. The molecule has 0 aliphatic carbocycles. The number of aromatic amines is 2. The highest BCUT2D eigenvalue weighted by molar-refractivity contribution is 6.30. The number of hydrogen-bond acceptors (Lipinski definition) is 6. The van der Waals surface area contributed by atoms with E-state index in [1.807, 2.05) is 19.9 Å². The number of pyridine rings is 1. The van der Waals surface area contributed by atoms with Gasteiger partial charge in [0.15, 0.2) is 0 Å². The first-order chi connectivity index (χ1) is 17.7. The van der Waals surface area contributed by atoms with E-state index in [4.69, 9.17) is 16.6 Å². The highest BCUT2D eigenvalue weighted by Crippen LogP contribution is 2.33. The van der Waals surface area contributed by atoms with Gasteiger partial charge in [-0.05, 0) is 75.9 Å². The molecule has 37 heavy (non-hydrogen) atoms. The smallest absolute Gasteiger partial charge is 0.261 e. The monoisotopic (exact) mass is 523 g/mol. The van der Waals surface area contributed by atoms with Crippen molar-refractivity contribution in [3.05, 3.63) is 63.3 Å². The van der Waals surface area contributed by atoms with E-state index in [0.29, 0.717) is 47.7 Å². The first-order valence-corrected chi connectivity index (χ1v) is 13.1. The molecule has 9 nitrogen and oxygen atoms in total. The molecule has 0 radical (unpaired) electrons. The summed E-state index contributed by atoms with van der Waals surface area (Å²) in [7, 11) is 0. The molecule has 1 aliphatic rings. The molecule has 4 aromatic rings. The molecule has 10 heteroatoms. The lowest BCUT2D eigenvalue weighted by Gasteiger charge is -2.35. The third-order valence-electron chi connectivity index (χ3n) is 6.92. The van der Waals surface area contributed by atoms with Crippen LogP contribution in [0.15, 0.2) is 41.6 Å². The van der Waals surface area contributed by atoms with Gasteiger partial charge in [0.05, 0.1) is 40.1 Å². The summed E-state index contributed by atoms with van der Waals surface area (Å²) in [5.74, 6) is 1.00. The van der Waals surface area contributed by atoms with E-state index < -0.39 is 5.60 Å². The van der Waals surface area contributed by atoms with Crippen molar-refractivity contribution in [2.75, 3.05) is 31.5 Å². The van der Waals surface area contributed by atoms with Gasteiger partial charge in [0.25, 0.3) is 5.56 Å². The average molecular weight is 524 g/mol. The van der Waals surface area contributed by atoms with Crippen LogP contribution in [-0.4, -0.2) is 66.5 Å². The van der Waals surface area contributed by atoms with Crippen molar-refractivity contribution in [3.63, 3.8) is 0 Å². The minimum atomic E-state index is -0.676. The van der Waals surface area contributed by atoms with Crippen LogP contribution < -0.4 is 10.9 Å². The number of hydrogen-bond donors (Lipinski definition) is 4. The lowest BCUT2D eigenvalue weighted by molar-refractivity contribution is 0.0282. The number of β-amino-alcohol motifs (C(OH)–C–C–N with tert-alkyl or cyclic N) is 1. The molecule has 0 amide bonds. The van der Waals surface area contributed by atoms with Crippen LogP contribution >= 0.6 is 11.6 Å². The molecule has 0 bridgehead atoms. The Morgan fingerprint density at radius 3 is 2.76 bits per heavy atom. The molecule has 1 saturated heterocycles. The Morgan fingerprint density at radius 1 is 1.27 bits per heavy atom. The number of aryl methyl sites for hydroxylation is 1. The second-order valence-electron chi connectivity index (χ2n) is 10.6. The normalized spacial score (nSPS) is 15.5. The molecular formula is C27H34ClN7O2. The van der Waals surface area contributed by atoms with Gasteiger partial charge in [-0.2, -0.15) is 5.10 Å². The summed E-state index contributed by atoms with van der Waals surface area (Å²) in [5.41, 5.74) is 4.50. The van der Waals surface area contributed by atoms with Gasteiger partial charge in [-0.15, -0.1) is 0 Å². The fraction of sp³-hybridized carbons (Fsp3) is 0.444. The number of nitrogens with one attached hydrogen (secondary N) is 3. The number of fused-ring (bicyclic) bond motifs is 1. The summed E-state index contributed by atoms with van der Waals surface area (Å²) in [5, 5.41) is 18.3. The number of nitrogens with zero attached hydrogens (tertiary/aromatic N) is 4. The summed E-state index contributed by atoms with van der Waals surface area (Å²) in [6.45, 7) is 9.61. The number of aromatic nitrogens is 5. The Labute approximate surface area is 220 Å². The van der Waals surface area contributed by atoms with Crippen molar-refractivity contribution < 1.29 is 5.11 Å². The maximum absolute atomic E-state index is 12.9. The van der Waals surface area contributed by atoms with Crippen LogP contribution in [0.25, 0.3) is 22.4 Å². The zero-order chi connectivity index (χ0) is 26.2. The minimum Gasteiger partial charge on any atom is -0.389 e. The molecule has 1 aliphatic heterocycles. The molecule has 196 valence electrons. The Hall–Kier alpha value is -3.14. The van der Waals surface area contributed by atoms with Crippen molar-refractivity contribution in [2.24, 2.45) is 0 Å². The largest absolute Gasteiger partial charge is 0.389 e. The number of H-pyrrole nitrogens is 2. The van der Waals surface area contributed by atoms with Gasteiger partial charge in [0, 0.05) is 25.5 Å². The number of rotatable bonds is 8. The van der Waals surface area contributed by atoms with Crippen molar-refractivity contribution in [1.29, 1.82) is 0 Å². The average Bonchev–Trinajstić information content (AvgIpc) is 3.45. The van der Waals surface area contributed by atoms with Crippen LogP contribution in [0.5, 0.6) is 0 Å². The number of aliphatic hydroxyl groups is 1. The number of likely N-dealkylation sites (tertiary alicyclic amines) is 1. The molecule has 0 unspecified atom stereocenters. The summed E-state index contributed by atoms with van der Waals surface area (Å²) >= 11 is 5.95. The predicted molar refractivity (Wildman–Crippen MR) is 147 cm³/mol. The zero-order valence-electron chi connectivity index (χ0n) is 21.5. The van der Waals surface area contributed by atoms with Crippen molar-refractivity contribution in [2.45, 2.75) is 51.7 Å². The minimum absolute atomic E-state index is 0.205. The molecule has 0 spiro atoms. The maximum atomic E-state index is 12.9. The van der Waals surface area contributed by atoms with E-state index in [2.05, 4.69) is 44.3 Å². The third-order valence-corrected chi connectivity index (χ3v) is 7.12. The fourth-order valence-corrected chi connectivity index (χ4v) is 5.43. The van der Waals surface area contributed by atoms with Gasteiger partial charge < -0.3 is 25.3 Å². The number of benzene rings is 1. The summed E-state index contributed by atoms with van der Waals surface area (Å²) in [6, 6.07) is 6.26. The standard InChI is InChI=1S/C27H34ClN7O2/c1-17-12-19(18-5-9-34(10-6-18)16-27(2,3)37)13-22-24(17)33-25(32-22)23-21(4-7-30-26(23)36)29-8-11-35-15-20(28)14-31-35/h4,7,12-15,18,37H,5-6,8-11,16H2,1-3H3,(H,32,33)(H2,29,30,36). The van der Waals surface area contributed by atoms with Crippen molar-refractivity contribution in [1.82, 2.24) is 29.6 Å². The number of halogens is 1. The van der Waals surface area contributed by atoms with Gasteiger partial charge in [-0.25, -0.2) is 4.98 Å². The molecule has 0 saturated carbocycles. The molecule has 5 rings (SSSR count). The summed E-state index contributed by atoms with van der Waals surface area (Å²) in [6.07, 6.45) is 7.10. The number of anilines is 1. The Balaban J connectivity index is 1.36. The molecule has 4 N–H and O–H groups in total. The molecule has 4 heterocycles. The van der Waals surface area contributed by atoms with E-state index >= 15 is 0 Å². The van der Waals surface area contributed by atoms with Gasteiger partial charge in [-0.1, -0.05) is 17.7 Å². The highest BCUT2D eigenvalue weighted by atomic mass is 35.5. The van der Waals surface area contributed by atoms with E-state index in [9.17, 15) is 9.90 Å². The molecule has 3 aromatic heterocycles. The third kappa shape index (κ3) is 5.89. The molecule has 1 aromatic carbocycles. The lowest BCUT2D eigenvalue weighted by Crippen LogP contribution is -2.42. The van der Waals surface area contributed by atoms with E-state index in [1.165, 1.54) is 5.56 Å². The topological polar surface area (TPSA) is 115 Å². The Bertz CT molecular complexity index is 1440. The van der Waals surface area contributed by atoms with Crippen LogP contribution in [0.2, 0.25) is 5.02 Å². The second kappa shape index (κ2) is 10.3. The molecule has 1 fully saturated rings. The zero-order valence-corrected chi connectivity index (χ0v) is 22.3. The molecule has 0 atom stereocenters. The quantitative estimate of drug-likeness (QED) is 0.276. The first kappa shape index (κ1) is 25.5. The van der Waals surface area contributed by atoms with Gasteiger partial charge >= 0.3 is 0 Å². The SMILES string of the molecule is Cc1cc(C2CCN(CC(C)(C)O)CC2)cc2[nH]c(-c3c(NCCn4cc(Cl)cn4)cc[nH]c3=O)nc12. The molecular weight excluding hydrogens is 490 g/mol. The lowest BCUT2D eigenvalue weighted by atomic mass is 9.88. The van der Waals surface area contributed by atoms with E-state index in [0.717, 1.165) is 42.5 Å². The van der Waals surface area contributed by atoms with Crippen LogP contribution in [0.1, 0.15) is 43.7 Å². The van der Waals surface area contributed by atoms with E-state index in [1.54, 1.807) is 23.3 Å². The van der Waals surface area contributed by atoms with Gasteiger partial charge in [0.2, 0.25) is 0 Å².